The summed E-state index contributed by atoms with van der Waals surface area (Å²) in [6.07, 6.45) is 10.1. The van der Waals surface area contributed by atoms with Crippen LogP contribution in [0.1, 0.15) is 59.8 Å². The second-order valence-electron chi connectivity index (χ2n) is 9.04. The predicted octanol–water partition coefficient (Wildman–Crippen LogP) is 4.38. The molecule has 2 aliphatic carbocycles. The molecule has 2 aliphatic rings. The van der Waals surface area contributed by atoms with Crippen LogP contribution in [0, 0.1) is 0 Å². The summed E-state index contributed by atoms with van der Waals surface area (Å²) in [6.45, 7) is 2.34. The number of pyridine rings is 2. The van der Waals surface area contributed by atoms with Gasteiger partial charge in [-0.05, 0) is 78.6 Å². The third-order valence-electron chi connectivity index (χ3n) is 6.95. The van der Waals surface area contributed by atoms with Gasteiger partial charge in [-0.15, -0.1) is 0 Å². The van der Waals surface area contributed by atoms with Crippen molar-refractivity contribution in [2.24, 2.45) is 5.73 Å². The van der Waals surface area contributed by atoms with Crippen molar-refractivity contribution in [1.29, 1.82) is 0 Å². The predicted molar refractivity (Wildman–Crippen MR) is 130 cm³/mol. The molecule has 33 heavy (non-hydrogen) atoms. The lowest BCUT2D eigenvalue weighted by molar-refractivity contribution is 0.160. The number of unbranched alkanes of at least 4 members (excludes halogenated alkanes) is 1. The van der Waals surface area contributed by atoms with Crippen LogP contribution in [0.3, 0.4) is 0 Å². The number of aromatic nitrogens is 2. The van der Waals surface area contributed by atoms with Crippen LogP contribution in [0.15, 0.2) is 54.9 Å². The number of fused-ring (bicyclic) bond motifs is 4. The van der Waals surface area contributed by atoms with E-state index in [0.29, 0.717) is 12.6 Å². The van der Waals surface area contributed by atoms with Crippen LogP contribution in [-0.4, -0.2) is 34.0 Å². The maximum atomic E-state index is 11.0. The second-order valence-corrected chi connectivity index (χ2v) is 9.04. The normalized spacial score (nSPS) is 16.2. The Morgan fingerprint density at radius 2 is 1.91 bits per heavy atom. The van der Waals surface area contributed by atoms with E-state index in [4.69, 9.17) is 15.7 Å². The molecule has 2 aromatic heterocycles. The second kappa shape index (κ2) is 9.71. The van der Waals surface area contributed by atoms with Gasteiger partial charge in [-0.3, -0.25) is 14.9 Å². The molecule has 1 atom stereocenters. The lowest BCUT2D eigenvalue weighted by Crippen LogP contribution is -2.34. The van der Waals surface area contributed by atoms with Gasteiger partial charge in [0.25, 0.3) is 0 Å². The quantitative estimate of drug-likeness (QED) is 0.398. The van der Waals surface area contributed by atoms with Crippen molar-refractivity contribution >= 4 is 6.03 Å². The van der Waals surface area contributed by atoms with Gasteiger partial charge in [0.15, 0.2) is 0 Å². The van der Waals surface area contributed by atoms with Crippen molar-refractivity contribution in [1.82, 2.24) is 20.2 Å². The van der Waals surface area contributed by atoms with E-state index in [0.717, 1.165) is 45.2 Å². The SMILES string of the molecule is NC(=O)NCCCCN(Cc1nccc2c1Cc1ccccc1-2)[C@H]1CCCc2cccnc21. The number of carbonyl (C=O) groups excluding carboxylic acids is 1. The third-order valence-corrected chi connectivity index (χ3v) is 6.95. The van der Waals surface area contributed by atoms with Gasteiger partial charge in [0.1, 0.15) is 0 Å². The summed E-state index contributed by atoms with van der Waals surface area (Å²) in [4.78, 5) is 23.2. The minimum Gasteiger partial charge on any atom is -0.352 e. The highest BCUT2D eigenvalue weighted by atomic mass is 16.2. The van der Waals surface area contributed by atoms with E-state index in [1.54, 1.807) is 0 Å². The Morgan fingerprint density at radius 1 is 1.03 bits per heavy atom. The first-order valence-corrected chi connectivity index (χ1v) is 12.0. The molecule has 5 rings (SSSR count). The molecule has 0 saturated carbocycles. The number of benzene rings is 1. The van der Waals surface area contributed by atoms with Gasteiger partial charge in [0, 0.05) is 31.9 Å². The maximum absolute atomic E-state index is 11.0. The van der Waals surface area contributed by atoms with Gasteiger partial charge in [-0.1, -0.05) is 30.3 Å². The molecule has 0 radical (unpaired) electrons. The van der Waals surface area contributed by atoms with Crippen LogP contribution in [0.2, 0.25) is 0 Å². The molecule has 170 valence electrons. The molecule has 0 fully saturated rings. The largest absolute Gasteiger partial charge is 0.352 e. The van der Waals surface area contributed by atoms with E-state index >= 15 is 0 Å². The Kier molecular flexibility index (Phi) is 6.35. The average Bonchev–Trinajstić information content (AvgIpc) is 3.22. The molecule has 0 unspecified atom stereocenters. The Morgan fingerprint density at radius 3 is 2.82 bits per heavy atom. The van der Waals surface area contributed by atoms with E-state index < -0.39 is 6.03 Å². The zero-order chi connectivity index (χ0) is 22.6. The number of carbonyl (C=O) groups is 1. The highest BCUT2D eigenvalue weighted by molar-refractivity contribution is 5.77. The number of hydrogen-bond donors (Lipinski definition) is 2. The summed E-state index contributed by atoms with van der Waals surface area (Å²) >= 11 is 0. The average molecular weight is 442 g/mol. The standard InChI is InChI=1S/C27H31N5O/c28-27(33)31-13-3-4-16-32(25-11-5-8-19-9-6-14-30-26(19)25)18-24-23-17-20-7-1-2-10-21(20)22(23)12-15-29-24/h1-2,6-7,9-10,12,14-15,25H,3-5,8,11,13,16-18H2,(H3,28,31,33)/t25-/m0/s1. The zero-order valence-electron chi connectivity index (χ0n) is 19.0. The summed E-state index contributed by atoms with van der Waals surface area (Å²) in [7, 11) is 0. The number of nitrogens with two attached hydrogens (primary N) is 1. The monoisotopic (exact) mass is 441 g/mol. The summed E-state index contributed by atoms with van der Waals surface area (Å²) in [5.41, 5.74) is 14.4. The molecule has 0 aliphatic heterocycles. The van der Waals surface area contributed by atoms with Gasteiger partial charge in [-0.25, -0.2) is 4.79 Å². The number of hydrogen-bond acceptors (Lipinski definition) is 4. The Labute approximate surface area is 195 Å². The molecular weight excluding hydrogens is 410 g/mol. The van der Waals surface area contributed by atoms with E-state index in [1.165, 1.54) is 45.6 Å². The van der Waals surface area contributed by atoms with Gasteiger partial charge >= 0.3 is 6.03 Å². The summed E-state index contributed by atoms with van der Waals surface area (Å²) in [6, 6.07) is 14.9. The number of amides is 2. The lowest BCUT2D eigenvalue weighted by atomic mass is 9.90. The molecule has 6 heteroatoms. The number of aryl methyl sites for hydroxylation is 1. The highest BCUT2D eigenvalue weighted by Gasteiger charge is 2.29. The Hall–Kier alpha value is -3.25. The van der Waals surface area contributed by atoms with Crippen molar-refractivity contribution in [2.45, 2.75) is 51.1 Å². The molecule has 0 saturated heterocycles. The van der Waals surface area contributed by atoms with E-state index in [9.17, 15) is 4.79 Å². The van der Waals surface area contributed by atoms with Gasteiger partial charge in [0.2, 0.25) is 0 Å². The first-order valence-electron chi connectivity index (χ1n) is 12.0. The zero-order valence-corrected chi connectivity index (χ0v) is 19.0. The van der Waals surface area contributed by atoms with Crippen molar-refractivity contribution in [2.75, 3.05) is 13.1 Å². The fraction of sp³-hybridized carbons (Fsp3) is 0.370. The number of rotatable bonds is 8. The topological polar surface area (TPSA) is 84.1 Å². The number of primary amides is 1. The molecule has 0 spiro atoms. The lowest BCUT2D eigenvalue weighted by Gasteiger charge is -2.35. The van der Waals surface area contributed by atoms with Crippen LogP contribution in [-0.2, 0) is 19.4 Å². The molecule has 1 aromatic carbocycles. The molecule has 3 aromatic rings. The Bertz CT molecular complexity index is 1140. The molecule has 0 bridgehead atoms. The van der Waals surface area contributed by atoms with Crippen LogP contribution in [0.4, 0.5) is 4.79 Å². The molecular formula is C27H31N5O. The number of nitrogens with zero attached hydrogens (tertiary/aromatic N) is 3. The molecule has 2 amide bonds. The fourth-order valence-electron chi connectivity index (χ4n) is 5.38. The Balaban J connectivity index is 1.40. The molecule has 3 N–H and O–H groups in total. The summed E-state index contributed by atoms with van der Waals surface area (Å²) < 4.78 is 0. The van der Waals surface area contributed by atoms with E-state index in [1.807, 2.05) is 18.5 Å². The van der Waals surface area contributed by atoms with Crippen molar-refractivity contribution in [3.05, 3.63) is 82.9 Å². The minimum atomic E-state index is -0.458. The highest BCUT2D eigenvalue weighted by Crippen LogP contribution is 2.39. The smallest absolute Gasteiger partial charge is 0.312 e. The minimum absolute atomic E-state index is 0.292. The molecule has 2 heterocycles. The summed E-state index contributed by atoms with van der Waals surface area (Å²) in [5, 5.41) is 2.70. The van der Waals surface area contributed by atoms with E-state index in [-0.39, 0.29) is 0 Å². The van der Waals surface area contributed by atoms with Gasteiger partial charge in [-0.2, -0.15) is 0 Å². The van der Waals surface area contributed by atoms with Gasteiger partial charge in [0.05, 0.1) is 17.4 Å². The van der Waals surface area contributed by atoms with Crippen LogP contribution in [0.5, 0.6) is 0 Å². The van der Waals surface area contributed by atoms with E-state index in [2.05, 4.69) is 46.6 Å². The first kappa shape index (κ1) is 21.6. The summed E-state index contributed by atoms with van der Waals surface area (Å²) in [5.74, 6) is 0. The third kappa shape index (κ3) is 4.62. The number of urea groups is 1. The number of nitrogens with one attached hydrogen (secondary N) is 1. The van der Waals surface area contributed by atoms with Crippen molar-refractivity contribution in [3.63, 3.8) is 0 Å². The van der Waals surface area contributed by atoms with Crippen molar-refractivity contribution in [3.8, 4) is 11.1 Å². The maximum Gasteiger partial charge on any atom is 0.312 e. The molecule has 6 nitrogen and oxygen atoms in total. The van der Waals surface area contributed by atoms with Crippen LogP contribution >= 0.6 is 0 Å². The van der Waals surface area contributed by atoms with Crippen LogP contribution in [0.25, 0.3) is 11.1 Å². The van der Waals surface area contributed by atoms with Crippen LogP contribution < -0.4 is 11.1 Å². The fourth-order valence-corrected chi connectivity index (χ4v) is 5.38. The van der Waals surface area contributed by atoms with Gasteiger partial charge < -0.3 is 11.1 Å². The van der Waals surface area contributed by atoms with Crippen molar-refractivity contribution < 1.29 is 4.79 Å². The first-order chi connectivity index (χ1) is 16.2.